The average Bonchev–Trinajstić information content (AvgIpc) is 2.99. The molecule has 106 valence electrons. The average molecular weight is 303 g/mol. The van der Waals surface area contributed by atoms with Gasteiger partial charge in [0.15, 0.2) is 0 Å². The fraction of sp³-hybridized carbons (Fsp3) is 0. The number of hydrogen-bond donors (Lipinski definition) is 1. The quantitative estimate of drug-likeness (QED) is 0.542. The van der Waals surface area contributed by atoms with E-state index < -0.39 is 0 Å². The van der Waals surface area contributed by atoms with E-state index in [4.69, 9.17) is 0 Å². The number of fused-ring (bicyclic) bond motifs is 1. The van der Waals surface area contributed by atoms with Crippen molar-refractivity contribution in [2.75, 3.05) is 0 Å². The third-order valence-corrected chi connectivity index (χ3v) is 4.70. The molecule has 0 saturated carbocycles. The van der Waals surface area contributed by atoms with Gasteiger partial charge in [-0.2, -0.15) is 0 Å². The molecule has 0 saturated heterocycles. The predicted molar refractivity (Wildman–Crippen MR) is 92.2 cm³/mol. The lowest BCUT2D eigenvalue weighted by molar-refractivity contribution is 0.477. The van der Waals surface area contributed by atoms with Crippen molar-refractivity contribution in [1.29, 1.82) is 0 Å². The van der Waals surface area contributed by atoms with Crippen LogP contribution >= 0.6 is 11.3 Å². The lowest BCUT2D eigenvalue weighted by Crippen LogP contribution is -1.81. The summed E-state index contributed by atoms with van der Waals surface area (Å²) in [5.41, 5.74) is 3.84. The highest BCUT2D eigenvalue weighted by atomic mass is 32.1. The Bertz CT molecular complexity index is 911. The van der Waals surface area contributed by atoms with Crippen molar-refractivity contribution < 1.29 is 5.11 Å². The lowest BCUT2D eigenvalue weighted by atomic mass is 10.0. The molecule has 1 heterocycles. The molecule has 0 aliphatic rings. The van der Waals surface area contributed by atoms with E-state index in [-0.39, 0.29) is 5.75 Å². The van der Waals surface area contributed by atoms with Gasteiger partial charge in [0, 0.05) is 0 Å². The molecule has 4 rings (SSSR count). The zero-order chi connectivity index (χ0) is 14.9. The number of benzene rings is 3. The maximum absolute atomic E-state index is 10.4. The van der Waals surface area contributed by atoms with Crippen LogP contribution in [0.25, 0.3) is 31.9 Å². The van der Waals surface area contributed by atoms with Crippen LogP contribution in [0, 0.1) is 0 Å². The predicted octanol–water partition coefficient (Wildman–Crippen LogP) is 5.34. The van der Waals surface area contributed by atoms with Crippen LogP contribution in [0.3, 0.4) is 0 Å². The molecule has 4 aromatic rings. The van der Waals surface area contributed by atoms with Gasteiger partial charge in [-0.05, 0) is 35.4 Å². The van der Waals surface area contributed by atoms with Gasteiger partial charge in [-0.25, -0.2) is 4.98 Å². The Hall–Kier alpha value is -2.65. The first-order valence-corrected chi connectivity index (χ1v) is 7.87. The van der Waals surface area contributed by atoms with Gasteiger partial charge in [0.25, 0.3) is 0 Å². The molecule has 22 heavy (non-hydrogen) atoms. The van der Waals surface area contributed by atoms with Crippen molar-refractivity contribution in [1.82, 2.24) is 4.98 Å². The van der Waals surface area contributed by atoms with Crippen LogP contribution in [0.4, 0.5) is 0 Å². The second kappa shape index (κ2) is 5.28. The van der Waals surface area contributed by atoms with Crippen molar-refractivity contribution in [2.24, 2.45) is 0 Å². The van der Waals surface area contributed by atoms with Crippen LogP contribution in [0.2, 0.25) is 0 Å². The van der Waals surface area contributed by atoms with Gasteiger partial charge in [-0.15, -0.1) is 11.3 Å². The van der Waals surface area contributed by atoms with Crippen molar-refractivity contribution in [3.63, 3.8) is 0 Å². The molecule has 3 aromatic carbocycles. The van der Waals surface area contributed by atoms with Crippen LogP contribution in [-0.4, -0.2) is 10.1 Å². The van der Waals surface area contributed by atoms with Crippen molar-refractivity contribution in [3.8, 4) is 27.4 Å². The van der Waals surface area contributed by atoms with Gasteiger partial charge < -0.3 is 5.11 Å². The molecule has 3 heteroatoms. The number of thiazole rings is 1. The van der Waals surface area contributed by atoms with E-state index in [0.717, 1.165) is 31.9 Å². The SMILES string of the molecule is Oc1cc(-c2ccccc2)ccc1-c1nc2ccccc2s1. The topological polar surface area (TPSA) is 33.1 Å². The molecule has 0 unspecified atom stereocenters. The Balaban J connectivity index is 1.80. The Morgan fingerprint density at radius 1 is 0.773 bits per heavy atom. The molecule has 0 spiro atoms. The van der Waals surface area contributed by atoms with Gasteiger partial charge in [-0.3, -0.25) is 0 Å². The first-order chi connectivity index (χ1) is 10.8. The van der Waals surface area contributed by atoms with Gasteiger partial charge in [0.1, 0.15) is 10.8 Å². The van der Waals surface area contributed by atoms with E-state index in [9.17, 15) is 5.11 Å². The van der Waals surface area contributed by atoms with Gasteiger partial charge >= 0.3 is 0 Å². The van der Waals surface area contributed by atoms with Gasteiger partial charge in [0.05, 0.1) is 15.8 Å². The summed E-state index contributed by atoms with van der Waals surface area (Å²) in [5, 5.41) is 11.2. The Morgan fingerprint density at radius 2 is 1.55 bits per heavy atom. The number of para-hydroxylation sites is 1. The van der Waals surface area contributed by atoms with Crippen LogP contribution in [0.5, 0.6) is 5.75 Å². The second-order valence-electron chi connectivity index (χ2n) is 5.08. The van der Waals surface area contributed by atoms with E-state index in [1.54, 1.807) is 17.4 Å². The first kappa shape index (κ1) is 13.0. The number of nitrogens with zero attached hydrogens (tertiary/aromatic N) is 1. The normalized spacial score (nSPS) is 10.9. The largest absolute Gasteiger partial charge is 0.507 e. The summed E-state index contributed by atoms with van der Waals surface area (Å²) in [6, 6.07) is 23.8. The lowest BCUT2D eigenvalue weighted by Gasteiger charge is -2.05. The summed E-state index contributed by atoms with van der Waals surface area (Å²) in [4.78, 5) is 4.60. The van der Waals surface area contributed by atoms with E-state index in [1.807, 2.05) is 66.7 Å². The molecule has 0 atom stereocenters. The summed E-state index contributed by atoms with van der Waals surface area (Å²) in [6.07, 6.45) is 0. The zero-order valence-electron chi connectivity index (χ0n) is 11.7. The minimum absolute atomic E-state index is 0.264. The van der Waals surface area contributed by atoms with E-state index in [0.29, 0.717) is 0 Å². The maximum Gasteiger partial charge on any atom is 0.128 e. The molecule has 1 N–H and O–H groups in total. The molecule has 2 nitrogen and oxygen atoms in total. The Morgan fingerprint density at radius 3 is 2.32 bits per heavy atom. The Labute approximate surface area is 132 Å². The molecule has 0 aliphatic carbocycles. The molecule has 0 fully saturated rings. The summed E-state index contributed by atoms with van der Waals surface area (Å²) >= 11 is 1.60. The van der Waals surface area contributed by atoms with Crippen molar-refractivity contribution in [3.05, 3.63) is 72.8 Å². The minimum Gasteiger partial charge on any atom is -0.507 e. The summed E-state index contributed by atoms with van der Waals surface area (Å²) in [5.74, 6) is 0.264. The Kier molecular flexibility index (Phi) is 3.13. The zero-order valence-corrected chi connectivity index (χ0v) is 12.5. The third kappa shape index (κ3) is 2.26. The van der Waals surface area contributed by atoms with Gasteiger partial charge in [0.2, 0.25) is 0 Å². The fourth-order valence-electron chi connectivity index (χ4n) is 2.51. The van der Waals surface area contributed by atoms with Crippen molar-refractivity contribution >= 4 is 21.6 Å². The minimum atomic E-state index is 0.264. The summed E-state index contributed by atoms with van der Waals surface area (Å²) in [6.45, 7) is 0. The smallest absolute Gasteiger partial charge is 0.128 e. The second-order valence-corrected chi connectivity index (χ2v) is 6.12. The number of phenolic OH excluding ortho intramolecular Hbond substituents is 1. The molecule has 0 bridgehead atoms. The molecule has 1 aromatic heterocycles. The van der Waals surface area contributed by atoms with E-state index in [2.05, 4.69) is 4.98 Å². The molecule has 0 amide bonds. The van der Waals surface area contributed by atoms with Crippen molar-refractivity contribution in [2.45, 2.75) is 0 Å². The van der Waals surface area contributed by atoms with Crippen LogP contribution in [-0.2, 0) is 0 Å². The van der Waals surface area contributed by atoms with Crippen LogP contribution in [0.15, 0.2) is 72.8 Å². The number of rotatable bonds is 2. The van der Waals surface area contributed by atoms with E-state index >= 15 is 0 Å². The standard InChI is InChI=1S/C19H13NOS/c21-17-12-14(13-6-2-1-3-7-13)10-11-15(17)19-20-16-8-4-5-9-18(16)22-19/h1-12,21H. The summed E-state index contributed by atoms with van der Waals surface area (Å²) < 4.78 is 1.13. The number of aromatic nitrogens is 1. The van der Waals surface area contributed by atoms with Gasteiger partial charge in [-0.1, -0.05) is 48.5 Å². The molecular formula is C19H13NOS. The number of aromatic hydroxyl groups is 1. The monoisotopic (exact) mass is 303 g/mol. The molecule has 0 aliphatic heterocycles. The summed E-state index contributed by atoms with van der Waals surface area (Å²) in [7, 11) is 0. The molecular weight excluding hydrogens is 290 g/mol. The van der Waals surface area contributed by atoms with E-state index in [1.165, 1.54) is 0 Å². The highest BCUT2D eigenvalue weighted by Gasteiger charge is 2.11. The maximum atomic E-state index is 10.4. The number of hydrogen-bond acceptors (Lipinski definition) is 3. The highest BCUT2D eigenvalue weighted by molar-refractivity contribution is 7.21. The third-order valence-electron chi connectivity index (χ3n) is 3.63. The van der Waals surface area contributed by atoms with Crippen LogP contribution in [0.1, 0.15) is 0 Å². The number of phenols is 1. The molecule has 0 radical (unpaired) electrons. The van der Waals surface area contributed by atoms with Crippen LogP contribution < -0.4 is 0 Å². The highest BCUT2D eigenvalue weighted by Crippen LogP contribution is 2.37. The fourth-order valence-corrected chi connectivity index (χ4v) is 3.51. The first-order valence-electron chi connectivity index (χ1n) is 7.06.